The van der Waals surface area contributed by atoms with Crippen molar-refractivity contribution in [1.82, 2.24) is 10.3 Å². The Morgan fingerprint density at radius 2 is 1.88 bits per heavy atom. The average molecular weight is 259 g/mol. The van der Waals surface area contributed by atoms with Gasteiger partial charge in [-0.1, -0.05) is 0 Å². The fourth-order valence-electron chi connectivity index (χ4n) is 1.73. The molecule has 2 rings (SSSR count). The average Bonchev–Trinajstić information content (AvgIpc) is 2.29. The van der Waals surface area contributed by atoms with Gasteiger partial charge in [-0.3, -0.25) is 9.59 Å². The first-order chi connectivity index (χ1) is 7.98. The first-order valence-electron chi connectivity index (χ1n) is 5.33. The largest absolute Gasteiger partial charge is 0.336 e. The van der Waals surface area contributed by atoms with Crippen molar-refractivity contribution in [1.29, 1.82) is 0 Å². The fourth-order valence-corrected chi connectivity index (χ4v) is 2.93. The molecule has 7 nitrogen and oxygen atoms in total. The summed E-state index contributed by atoms with van der Waals surface area (Å²) >= 11 is 0. The Hall–Kier alpha value is -1.44. The van der Waals surface area contributed by atoms with Gasteiger partial charge in [0.05, 0.1) is 11.5 Å². The van der Waals surface area contributed by atoms with Crippen LogP contribution in [0.15, 0.2) is 5.10 Å². The van der Waals surface area contributed by atoms with E-state index in [2.05, 4.69) is 10.5 Å². The van der Waals surface area contributed by atoms with Gasteiger partial charge in [-0.05, 0) is 0 Å². The van der Waals surface area contributed by atoms with Crippen LogP contribution >= 0.6 is 0 Å². The van der Waals surface area contributed by atoms with Gasteiger partial charge < -0.3 is 4.90 Å². The zero-order chi connectivity index (χ0) is 12.5. The molecule has 0 saturated carbocycles. The van der Waals surface area contributed by atoms with E-state index in [1.165, 1.54) is 4.90 Å². The first kappa shape index (κ1) is 12.0. The summed E-state index contributed by atoms with van der Waals surface area (Å²) in [4.78, 5) is 24.3. The lowest BCUT2D eigenvalue weighted by atomic mass is 10.1. The van der Waals surface area contributed by atoms with E-state index >= 15 is 0 Å². The highest BCUT2D eigenvalue weighted by atomic mass is 32.2. The number of nitrogens with zero attached hydrogens (tertiary/aromatic N) is 2. The predicted molar refractivity (Wildman–Crippen MR) is 60.0 cm³/mol. The molecule has 0 radical (unpaired) electrons. The van der Waals surface area contributed by atoms with Crippen molar-refractivity contribution in [3.05, 3.63) is 0 Å². The highest BCUT2D eigenvalue weighted by Crippen LogP contribution is 2.08. The standard InChI is InChI=1S/C9H13N3O4S/c13-8-2-1-7(10-11-8)9(14)12-3-5-17(15,16)6-4-12/h1-6H2,(H,11,13). The van der Waals surface area contributed by atoms with Crippen LogP contribution < -0.4 is 5.43 Å². The summed E-state index contributed by atoms with van der Waals surface area (Å²) in [5.74, 6) is -0.487. The normalized spacial score (nSPS) is 23.9. The van der Waals surface area contributed by atoms with Crippen molar-refractivity contribution in [3.63, 3.8) is 0 Å². The molecule has 2 heterocycles. The molecule has 2 amide bonds. The van der Waals surface area contributed by atoms with Crippen LogP contribution in [0.4, 0.5) is 0 Å². The van der Waals surface area contributed by atoms with Crippen LogP contribution in [0.3, 0.4) is 0 Å². The van der Waals surface area contributed by atoms with Crippen LogP contribution in [0.5, 0.6) is 0 Å². The van der Waals surface area contributed by atoms with Gasteiger partial charge in [0.15, 0.2) is 9.84 Å². The van der Waals surface area contributed by atoms with Crippen LogP contribution in [0.1, 0.15) is 12.8 Å². The maximum absolute atomic E-state index is 11.9. The van der Waals surface area contributed by atoms with Gasteiger partial charge in [0.25, 0.3) is 5.91 Å². The molecule has 1 saturated heterocycles. The molecule has 2 aliphatic rings. The van der Waals surface area contributed by atoms with E-state index in [9.17, 15) is 18.0 Å². The van der Waals surface area contributed by atoms with E-state index in [4.69, 9.17) is 0 Å². The molecule has 94 valence electrons. The molecule has 17 heavy (non-hydrogen) atoms. The molecule has 0 unspecified atom stereocenters. The van der Waals surface area contributed by atoms with Gasteiger partial charge >= 0.3 is 0 Å². The number of sulfone groups is 1. The summed E-state index contributed by atoms with van der Waals surface area (Å²) < 4.78 is 22.4. The quantitative estimate of drug-likeness (QED) is 0.620. The highest BCUT2D eigenvalue weighted by molar-refractivity contribution is 7.91. The third-order valence-electron chi connectivity index (χ3n) is 2.78. The summed E-state index contributed by atoms with van der Waals surface area (Å²) in [6.07, 6.45) is 0.560. The second kappa shape index (κ2) is 4.44. The lowest BCUT2D eigenvalue weighted by Crippen LogP contribution is -2.47. The van der Waals surface area contributed by atoms with E-state index < -0.39 is 9.84 Å². The molecule has 2 aliphatic heterocycles. The minimum absolute atomic E-state index is 0.00161. The molecule has 0 atom stereocenters. The van der Waals surface area contributed by atoms with E-state index in [0.29, 0.717) is 12.1 Å². The third-order valence-corrected chi connectivity index (χ3v) is 4.39. The van der Waals surface area contributed by atoms with Gasteiger partial charge in [0.2, 0.25) is 5.91 Å². The predicted octanol–water partition coefficient (Wildman–Crippen LogP) is -1.49. The SMILES string of the molecule is O=C1CCC(C(=O)N2CCS(=O)(=O)CC2)=NN1. The number of hydrogen-bond acceptors (Lipinski definition) is 5. The molecular formula is C9H13N3O4S. The number of rotatable bonds is 1. The fraction of sp³-hybridized carbons (Fsp3) is 0.667. The Morgan fingerprint density at radius 3 is 2.41 bits per heavy atom. The maximum atomic E-state index is 11.9. The Morgan fingerprint density at radius 1 is 1.24 bits per heavy atom. The molecule has 8 heteroatoms. The van der Waals surface area contributed by atoms with Crippen molar-refractivity contribution >= 4 is 27.4 Å². The number of hydrogen-bond donors (Lipinski definition) is 1. The first-order valence-corrected chi connectivity index (χ1v) is 7.15. The van der Waals surface area contributed by atoms with Crippen LogP contribution in [0.2, 0.25) is 0 Å². The molecule has 0 spiro atoms. The molecule has 0 aromatic carbocycles. The van der Waals surface area contributed by atoms with E-state index in [0.717, 1.165) is 0 Å². The van der Waals surface area contributed by atoms with Gasteiger partial charge in [-0.2, -0.15) is 5.10 Å². The zero-order valence-corrected chi connectivity index (χ0v) is 9.99. The zero-order valence-electron chi connectivity index (χ0n) is 9.18. The minimum atomic E-state index is -2.99. The number of carbonyl (C=O) groups is 2. The van der Waals surface area contributed by atoms with Gasteiger partial charge in [0.1, 0.15) is 5.71 Å². The van der Waals surface area contributed by atoms with E-state index in [1.54, 1.807) is 0 Å². The van der Waals surface area contributed by atoms with Crippen molar-refractivity contribution in [2.45, 2.75) is 12.8 Å². The summed E-state index contributed by atoms with van der Waals surface area (Å²) in [7, 11) is -2.99. The summed E-state index contributed by atoms with van der Waals surface area (Å²) in [6.45, 7) is 0.405. The molecule has 1 N–H and O–H groups in total. The van der Waals surface area contributed by atoms with Crippen LogP contribution in [0.25, 0.3) is 0 Å². The number of nitrogens with one attached hydrogen (secondary N) is 1. The van der Waals surface area contributed by atoms with Crippen molar-refractivity contribution < 1.29 is 18.0 Å². The van der Waals surface area contributed by atoms with Crippen molar-refractivity contribution in [3.8, 4) is 0 Å². The number of amides is 2. The van der Waals surface area contributed by atoms with E-state index in [1.807, 2.05) is 0 Å². The number of carbonyl (C=O) groups excluding carboxylic acids is 2. The lowest BCUT2D eigenvalue weighted by molar-refractivity contribution is -0.124. The van der Waals surface area contributed by atoms with Crippen molar-refractivity contribution in [2.75, 3.05) is 24.6 Å². The Bertz CT molecular complexity index is 468. The summed E-state index contributed by atoms with van der Waals surface area (Å²) in [5, 5.41) is 3.70. The highest BCUT2D eigenvalue weighted by Gasteiger charge is 2.28. The topological polar surface area (TPSA) is 95.9 Å². The van der Waals surface area contributed by atoms with Crippen LogP contribution in [-0.2, 0) is 19.4 Å². The van der Waals surface area contributed by atoms with Gasteiger partial charge in [-0.25, -0.2) is 13.8 Å². The Labute approximate surface area is 98.8 Å². The van der Waals surface area contributed by atoms with Crippen molar-refractivity contribution in [2.24, 2.45) is 5.10 Å². The van der Waals surface area contributed by atoms with Gasteiger partial charge in [0, 0.05) is 25.9 Å². The van der Waals surface area contributed by atoms with Crippen LogP contribution in [0, 0.1) is 0 Å². The van der Waals surface area contributed by atoms with E-state index in [-0.39, 0.29) is 42.8 Å². The smallest absolute Gasteiger partial charge is 0.270 e. The van der Waals surface area contributed by atoms with Gasteiger partial charge in [-0.15, -0.1) is 0 Å². The molecule has 1 fully saturated rings. The second-order valence-corrected chi connectivity index (χ2v) is 6.34. The van der Waals surface area contributed by atoms with Crippen LogP contribution in [-0.4, -0.2) is 55.4 Å². The summed E-state index contributed by atoms with van der Waals surface area (Å²) in [6, 6.07) is 0. The third kappa shape index (κ3) is 2.82. The Kier molecular flexibility index (Phi) is 3.14. The molecule has 0 aliphatic carbocycles. The lowest BCUT2D eigenvalue weighted by Gasteiger charge is -2.27. The maximum Gasteiger partial charge on any atom is 0.270 e. The molecule has 0 bridgehead atoms. The summed E-state index contributed by atoms with van der Waals surface area (Å²) in [5.41, 5.74) is 2.55. The second-order valence-electron chi connectivity index (χ2n) is 4.04. The monoisotopic (exact) mass is 259 g/mol. The molecule has 0 aromatic heterocycles. The number of hydrazone groups is 1. The molecular weight excluding hydrogens is 246 g/mol. The molecule has 0 aromatic rings. The minimum Gasteiger partial charge on any atom is -0.336 e. The Balaban J connectivity index is 2.00.